The van der Waals surface area contributed by atoms with Crippen LogP contribution in [0.25, 0.3) is 22.5 Å². The third-order valence-electron chi connectivity index (χ3n) is 10.7. The number of halogens is 1. The van der Waals surface area contributed by atoms with Crippen LogP contribution in [0.2, 0.25) is 5.28 Å². The fourth-order valence-corrected chi connectivity index (χ4v) is 7.13. The van der Waals surface area contributed by atoms with E-state index in [2.05, 4.69) is 84.7 Å². The first kappa shape index (κ1) is 47.5. The fourth-order valence-electron chi connectivity index (χ4n) is 6.98. The monoisotopic (exact) mass is 896 g/mol. The number of piperazine rings is 2. The summed E-state index contributed by atoms with van der Waals surface area (Å²) in [4.78, 5) is 43.6. The van der Waals surface area contributed by atoms with E-state index in [-0.39, 0.29) is 11.2 Å². The maximum atomic E-state index is 9.29. The molecule has 6 aromatic rings. The van der Waals surface area contributed by atoms with Gasteiger partial charge in [0.05, 0.1) is 60.8 Å². The van der Waals surface area contributed by atoms with Crippen molar-refractivity contribution in [2.75, 3.05) is 90.7 Å². The van der Waals surface area contributed by atoms with E-state index in [0.717, 1.165) is 88.2 Å². The number of nitrogens with one attached hydrogen (secondary N) is 1. The van der Waals surface area contributed by atoms with Gasteiger partial charge in [0.1, 0.15) is 23.3 Å². The molecule has 2 fully saturated rings. The minimum absolute atomic E-state index is 0.150. The highest BCUT2D eigenvalue weighted by Gasteiger charge is 2.17. The molecule has 0 bridgehead atoms. The average Bonchev–Trinajstić information content (AvgIpc) is 3.35. The molecule has 3 N–H and O–H groups in total. The van der Waals surface area contributed by atoms with Crippen LogP contribution < -0.4 is 20.5 Å². The van der Waals surface area contributed by atoms with Crippen LogP contribution >= 0.6 is 11.6 Å². The first-order valence-corrected chi connectivity index (χ1v) is 21.6. The molecule has 0 unspecified atom stereocenters. The van der Waals surface area contributed by atoms with E-state index < -0.39 is 0 Å². The summed E-state index contributed by atoms with van der Waals surface area (Å²) in [7, 11) is 2.95. The van der Waals surface area contributed by atoms with Crippen LogP contribution in [-0.4, -0.2) is 139 Å². The second-order valence-electron chi connectivity index (χ2n) is 14.9. The number of rotatable bonds is 12. The van der Waals surface area contributed by atoms with Gasteiger partial charge in [-0.2, -0.15) is 10.5 Å². The SMILES string of the molecule is CCN1CCN(Cc2ccc(N)cn2)CC1.CCN1CCN(Cc2ccc(Nc3nccc(-c4cnc(OC)c(C#N)c4)n3)cn2)CC1.COc1ncc(-c2ccnc(Cl)n2)cc1C#N. The molecule has 0 aromatic carbocycles. The zero-order valence-corrected chi connectivity index (χ0v) is 37.9. The Kier molecular flexibility index (Phi) is 17.7. The standard InChI is InChI=1S/C23H26N8O.C12H20N4.C11H7ClN4O/c1-3-30-8-10-31(11-9-30)16-20-5-4-19(15-26-20)28-23-25-7-6-21(29-23)18-12-17(13-24)22(32-2)27-14-18;1-2-15-5-7-16(8-6-15)10-12-4-3-11(13)9-14-12;1-17-10-7(5-13)4-8(6-15-10)9-2-3-14-11(12)16-9/h4-7,12,14-15H,3,8-11,16H2,1-2H3,(H,25,28,29);3-4,9H,2,5-8,10,13H2,1H3;2-4,6H,1H3. The minimum atomic E-state index is 0.150. The predicted octanol–water partition coefficient (Wildman–Crippen LogP) is 5.57. The third-order valence-corrected chi connectivity index (χ3v) is 10.9. The van der Waals surface area contributed by atoms with Gasteiger partial charge < -0.3 is 30.3 Å². The van der Waals surface area contributed by atoms with Crippen LogP contribution in [0.3, 0.4) is 0 Å². The van der Waals surface area contributed by atoms with Crippen molar-refractivity contribution in [3.8, 4) is 46.4 Å². The summed E-state index contributed by atoms with van der Waals surface area (Å²) < 4.78 is 10.1. The Morgan fingerprint density at radius 1 is 0.615 bits per heavy atom. The number of likely N-dealkylation sites (N-methyl/N-ethyl adjacent to an activating group) is 2. The molecule has 8 rings (SSSR count). The van der Waals surface area contributed by atoms with Gasteiger partial charge in [0.2, 0.25) is 23.0 Å². The zero-order chi connectivity index (χ0) is 46.0. The zero-order valence-electron chi connectivity index (χ0n) is 37.1. The summed E-state index contributed by atoms with van der Waals surface area (Å²) in [6.07, 6.45) is 9.94. The first-order valence-electron chi connectivity index (χ1n) is 21.2. The number of hydrogen-bond acceptors (Lipinski definition) is 18. The third kappa shape index (κ3) is 14.0. The van der Waals surface area contributed by atoms with Crippen LogP contribution in [0.4, 0.5) is 17.3 Å². The Labute approximate surface area is 384 Å². The summed E-state index contributed by atoms with van der Waals surface area (Å²) >= 11 is 5.69. The lowest BCUT2D eigenvalue weighted by atomic mass is 10.1. The molecule has 0 aliphatic carbocycles. The quantitative estimate of drug-likeness (QED) is 0.143. The van der Waals surface area contributed by atoms with Crippen molar-refractivity contribution >= 4 is 28.9 Å². The molecule has 6 aromatic heterocycles. The van der Waals surface area contributed by atoms with Gasteiger partial charge >= 0.3 is 0 Å². The van der Waals surface area contributed by atoms with Crippen molar-refractivity contribution in [3.05, 3.63) is 114 Å². The highest BCUT2D eigenvalue weighted by atomic mass is 35.5. The van der Waals surface area contributed by atoms with Gasteiger partial charge in [0.25, 0.3) is 0 Å². The molecule has 2 aliphatic rings. The molecule has 65 heavy (non-hydrogen) atoms. The molecule has 0 radical (unpaired) electrons. The van der Waals surface area contributed by atoms with Gasteiger partial charge in [-0.15, -0.1) is 0 Å². The topological polar surface area (TPSA) is 220 Å². The predicted molar refractivity (Wildman–Crippen MR) is 249 cm³/mol. The van der Waals surface area contributed by atoms with Crippen molar-refractivity contribution in [2.24, 2.45) is 0 Å². The summed E-state index contributed by atoms with van der Waals surface area (Å²) in [5.41, 5.74) is 12.7. The van der Waals surface area contributed by atoms with Gasteiger partial charge in [0, 0.05) is 101 Å². The Morgan fingerprint density at radius 2 is 1.11 bits per heavy atom. The maximum absolute atomic E-state index is 9.29. The summed E-state index contributed by atoms with van der Waals surface area (Å²) in [5, 5.41) is 21.6. The summed E-state index contributed by atoms with van der Waals surface area (Å²) in [5.74, 6) is 1.03. The summed E-state index contributed by atoms with van der Waals surface area (Å²) in [6, 6.07) is 18.9. The largest absolute Gasteiger partial charge is 0.480 e. The highest BCUT2D eigenvalue weighted by molar-refractivity contribution is 6.28. The van der Waals surface area contributed by atoms with E-state index in [1.165, 1.54) is 27.3 Å². The second-order valence-corrected chi connectivity index (χ2v) is 15.3. The lowest BCUT2D eigenvalue weighted by Crippen LogP contribution is -2.45. The van der Waals surface area contributed by atoms with Gasteiger partial charge in [-0.3, -0.25) is 19.8 Å². The number of hydrogen-bond donors (Lipinski definition) is 2. The first-order chi connectivity index (χ1) is 31.7. The van der Waals surface area contributed by atoms with Crippen molar-refractivity contribution in [1.82, 2.24) is 59.5 Å². The number of nitrogens with two attached hydrogens (primary N) is 1. The van der Waals surface area contributed by atoms with Gasteiger partial charge in [-0.1, -0.05) is 13.8 Å². The van der Waals surface area contributed by atoms with Crippen molar-refractivity contribution < 1.29 is 9.47 Å². The van der Waals surface area contributed by atoms with Crippen LogP contribution in [-0.2, 0) is 13.1 Å². The van der Waals surface area contributed by atoms with E-state index in [1.807, 2.05) is 30.3 Å². The minimum Gasteiger partial charge on any atom is -0.480 e. The van der Waals surface area contributed by atoms with E-state index in [9.17, 15) is 5.26 Å². The van der Waals surface area contributed by atoms with Gasteiger partial charge in [-0.25, -0.2) is 29.9 Å². The number of methoxy groups -OCH3 is 2. The van der Waals surface area contributed by atoms with Crippen LogP contribution in [0.1, 0.15) is 36.4 Å². The van der Waals surface area contributed by atoms with Crippen molar-refractivity contribution in [2.45, 2.75) is 26.9 Å². The van der Waals surface area contributed by atoms with Crippen LogP contribution in [0, 0.1) is 22.7 Å². The molecule has 8 heterocycles. The molecule has 0 amide bonds. The number of anilines is 3. The van der Waals surface area contributed by atoms with Crippen LogP contribution in [0.5, 0.6) is 11.8 Å². The normalized spacial score (nSPS) is 14.4. The number of ether oxygens (including phenoxy) is 2. The van der Waals surface area contributed by atoms with Crippen LogP contribution in [0.15, 0.2) is 85.7 Å². The Bertz CT molecular complexity index is 2520. The van der Waals surface area contributed by atoms with E-state index in [1.54, 1.807) is 61.4 Å². The molecule has 0 saturated carbocycles. The van der Waals surface area contributed by atoms with E-state index in [4.69, 9.17) is 32.1 Å². The number of aromatic nitrogens is 8. The number of nitrogens with zero attached hydrogens (tertiary/aromatic N) is 14. The van der Waals surface area contributed by atoms with E-state index in [0.29, 0.717) is 45.5 Å². The fraction of sp³-hybridized carbons (Fsp3) is 0.348. The van der Waals surface area contributed by atoms with Crippen molar-refractivity contribution in [1.29, 1.82) is 10.5 Å². The molecular formula is C46H53ClN16O2. The Hall–Kier alpha value is -6.93. The maximum Gasteiger partial charge on any atom is 0.231 e. The molecular weight excluding hydrogens is 844 g/mol. The molecule has 18 nitrogen and oxygen atoms in total. The molecule has 2 saturated heterocycles. The van der Waals surface area contributed by atoms with Gasteiger partial charge in [0.15, 0.2) is 0 Å². The average molecular weight is 897 g/mol. The summed E-state index contributed by atoms with van der Waals surface area (Å²) in [6.45, 7) is 17.5. The highest BCUT2D eigenvalue weighted by Crippen LogP contribution is 2.25. The number of pyridine rings is 4. The van der Waals surface area contributed by atoms with E-state index >= 15 is 0 Å². The number of nitrogen functional groups attached to an aromatic ring is 1. The van der Waals surface area contributed by atoms with Gasteiger partial charge in [-0.05, 0) is 73.2 Å². The second kappa shape index (κ2) is 24.2. The molecule has 0 spiro atoms. The molecule has 2 aliphatic heterocycles. The number of nitriles is 2. The van der Waals surface area contributed by atoms with Crippen molar-refractivity contribution in [3.63, 3.8) is 0 Å². The smallest absolute Gasteiger partial charge is 0.231 e. The lowest BCUT2D eigenvalue weighted by Gasteiger charge is -2.33. The Balaban J connectivity index is 0.000000178. The molecule has 19 heteroatoms. The molecule has 336 valence electrons. The lowest BCUT2D eigenvalue weighted by molar-refractivity contribution is 0.131. The Morgan fingerprint density at radius 3 is 1.55 bits per heavy atom. The molecule has 0 atom stereocenters.